The van der Waals surface area contributed by atoms with Gasteiger partial charge in [-0.1, -0.05) is 175 Å². The minimum Gasteiger partial charge on any atom is -0.0651 e. The molecular weight excluding hydrogens is 581 g/mol. The zero-order valence-electron chi connectivity index (χ0n) is 29.7. The van der Waals surface area contributed by atoms with Crippen molar-refractivity contribution in [2.75, 3.05) is 0 Å². The van der Waals surface area contributed by atoms with Gasteiger partial charge in [-0.15, -0.1) is 0 Å². The fraction of sp³-hybridized carbons (Fsp3) is 0.391. The largest absolute Gasteiger partial charge is 0.0651 e. The fourth-order valence-corrected chi connectivity index (χ4v) is 9.66. The molecule has 0 aromatic heterocycles. The molecule has 0 saturated carbocycles. The summed E-state index contributed by atoms with van der Waals surface area (Å²) in [6.45, 7) is 13.9. The van der Waals surface area contributed by atoms with Crippen LogP contribution in [0.4, 0.5) is 0 Å². The highest BCUT2D eigenvalue weighted by Gasteiger charge is 2.30. The van der Waals surface area contributed by atoms with E-state index in [1.54, 1.807) is 22.3 Å². The van der Waals surface area contributed by atoms with Crippen molar-refractivity contribution in [2.45, 2.75) is 116 Å². The van der Waals surface area contributed by atoms with Crippen LogP contribution >= 0.6 is 0 Å². The van der Waals surface area contributed by atoms with E-state index in [0.29, 0.717) is 23.7 Å². The normalized spacial score (nSPS) is 18.0. The summed E-state index contributed by atoms with van der Waals surface area (Å²) < 4.78 is 0. The van der Waals surface area contributed by atoms with Gasteiger partial charge in [0, 0.05) is 21.4 Å². The van der Waals surface area contributed by atoms with Crippen LogP contribution in [0.25, 0.3) is 34.4 Å². The molecule has 0 bridgehead atoms. The van der Waals surface area contributed by atoms with E-state index in [-0.39, 0.29) is 0 Å². The number of allylic oxidation sites excluding steroid dienone is 2. The molecule has 0 spiro atoms. The highest BCUT2D eigenvalue weighted by molar-refractivity contribution is 6.36. The summed E-state index contributed by atoms with van der Waals surface area (Å²) in [5, 5.41) is 0. The van der Waals surface area contributed by atoms with E-state index in [4.69, 9.17) is 0 Å². The SMILES string of the molecule is CCCC1=Cc2c(-c3ccc(C(C)CC)cc3)cccc2C1C[Si]CC1C(CCC)=Cc2c(-c3ccc(C(C)CC)cc3)cccc21. The third-order valence-electron chi connectivity index (χ3n) is 11.2. The predicted octanol–water partition coefficient (Wildman–Crippen LogP) is 13.8. The van der Waals surface area contributed by atoms with Crippen LogP contribution in [0.15, 0.2) is 96.1 Å². The van der Waals surface area contributed by atoms with E-state index in [0.717, 1.165) is 9.52 Å². The molecule has 2 radical (unpaired) electrons. The van der Waals surface area contributed by atoms with Gasteiger partial charge in [0.1, 0.15) is 0 Å². The van der Waals surface area contributed by atoms with E-state index >= 15 is 0 Å². The van der Waals surface area contributed by atoms with E-state index in [9.17, 15) is 0 Å². The summed E-state index contributed by atoms with van der Waals surface area (Å²) in [4.78, 5) is 0. The summed E-state index contributed by atoms with van der Waals surface area (Å²) in [6, 6.07) is 35.5. The second kappa shape index (κ2) is 15.2. The number of rotatable bonds is 14. The average molecular weight is 635 g/mol. The van der Waals surface area contributed by atoms with Gasteiger partial charge in [0.15, 0.2) is 0 Å². The Morgan fingerprint density at radius 3 is 1.30 bits per heavy atom. The predicted molar refractivity (Wildman–Crippen MR) is 208 cm³/mol. The maximum atomic E-state index is 2.57. The van der Waals surface area contributed by atoms with E-state index in [1.165, 1.54) is 95.1 Å². The number of fused-ring (bicyclic) bond motifs is 2. The third kappa shape index (κ3) is 6.93. The summed E-state index contributed by atoms with van der Waals surface area (Å²) in [5.74, 6) is 2.33. The van der Waals surface area contributed by atoms with Crippen LogP contribution in [-0.4, -0.2) is 9.52 Å². The summed E-state index contributed by atoms with van der Waals surface area (Å²) in [5.41, 5.74) is 17.8. The minimum atomic E-state index is 0.553. The van der Waals surface area contributed by atoms with Gasteiger partial charge in [0.25, 0.3) is 0 Å². The van der Waals surface area contributed by atoms with Crippen LogP contribution in [0.1, 0.15) is 137 Å². The van der Waals surface area contributed by atoms with Crippen molar-refractivity contribution < 1.29 is 0 Å². The Bertz CT molecular complexity index is 1590. The molecule has 4 atom stereocenters. The van der Waals surface area contributed by atoms with Gasteiger partial charge < -0.3 is 0 Å². The summed E-state index contributed by atoms with van der Waals surface area (Å²) in [6.07, 6.45) is 12.3. The molecule has 2 aliphatic carbocycles. The Balaban J connectivity index is 1.22. The Kier molecular flexibility index (Phi) is 10.8. The van der Waals surface area contributed by atoms with E-state index in [2.05, 4.69) is 139 Å². The molecule has 4 aromatic rings. The highest BCUT2D eigenvalue weighted by atomic mass is 28.2. The minimum absolute atomic E-state index is 0.553. The van der Waals surface area contributed by atoms with Crippen molar-refractivity contribution in [1.82, 2.24) is 0 Å². The number of benzene rings is 4. The first-order valence-corrected chi connectivity index (χ1v) is 20.0. The first-order chi connectivity index (χ1) is 23.0. The molecule has 242 valence electrons. The summed E-state index contributed by atoms with van der Waals surface area (Å²) in [7, 11) is 0.940. The van der Waals surface area contributed by atoms with Gasteiger partial charge in [-0.3, -0.25) is 0 Å². The molecule has 6 rings (SSSR count). The molecule has 47 heavy (non-hydrogen) atoms. The lowest BCUT2D eigenvalue weighted by molar-refractivity contribution is 0.734. The van der Waals surface area contributed by atoms with Gasteiger partial charge in [0.2, 0.25) is 0 Å². The Labute approximate surface area is 288 Å². The quantitative estimate of drug-likeness (QED) is 0.121. The second-order valence-corrected chi connectivity index (χ2v) is 15.5. The monoisotopic (exact) mass is 634 g/mol. The van der Waals surface area contributed by atoms with E-state index < -0.39 is 0 Å². The second-order valence-electron chi connectivity index (χ2n) is 14.2. The topological polar surface area (TPSA) is 0 Å². The van der Waals surface area contributed by atoms with Crippen LogP contribution in [0.3, 0.4) is 0 Å². The zero-order chi connectivity index (χ0) is 32.9. The van der Waals surface area contributed by atoms with Gasteiger partial charge in [-0.05, 0) is 93.2 Å². The molecule has 0 fully saturated rings. The average Bonchev–Trinajstić information content (AvgIpc) is 3.65. The first-order valence-electron chi connectivity index (χ1n) is 18.5. The molecular formula is C46H54Si. The number of hydrogen-bond acceptors (Lipinski definition) is 0. The molecule has 0 aliphatic heterocycles. The lowest BCUT2D eigenvalue weighted by Crippen LogP contribution is -2.08. The third-order valence-corrected chi connectivity index (χ3v) is 12.6. The molecule has 1 heteroatoms. The Hall–Kier alpha value is -3.42. The van der Waals surface area contributed by atoms with Gasteiger partial charge in [0.05, 0.1) is 0 Å². The standard InChI is InChI=1S/C46H54Si/c1-7-13-37-27-43-39(35-23-19-33(20-24-35)31(5)9-3)15-11-17-41(43)45(37)29-47-30-46-38(14-8-2)28-44-40(16-12-18-42(44)46)36-25-21-34(22-26-36)32(6)10-4/h11-12,15-28,31-32,45-46H,7-10,13-14,29-30H2,1-6H3. The molecule has 0 saturated heterocycles. The van der Waals surface area contributed by atoms with Crippen molar-refractivity contribution in [1.29, 1.82) is 0 Å². The molecule has 0 nitrogen and oxygen atoms in total. The van der Waals surface area contributed by atoms with Crippen LogP contribution in [-0.2, 0) is 0 Å². The molecule has 4 aromatic carbocycles. The van der Waals surface area contributed by atoms with Crippen LogP contribution < -0.4 is 0 Å². The Morgan fingerprint density at radius 2 is 0.936 bits per heavy atom. The lowest BCUT2D eigenvalue weighted by Gasteiger charge is -2.21. The van der Waals surface area contributed by atoms with Gasteiger partial charge in [-0.25, -0.2) is 0 Å². The highest BCUT2D eigenvalue weighted by Crippen LogP contribution is 2.48. The lowest BCUT2D eigenvalue weighted by atomic mass is 9.91. The Morgan fingerprint density at radius 1 is 0.532 bits per heavy atom. The maximum Gasteiger partial charge on any atom is 0.0397 e. The zero-order valence-corrected chi connectivity index (χ0v) is 30.7. The van der Waals surface area contributed by atoms with E-state index in [1.807, 2.05) is 0 Å². The molecule has 0 N–H and O–H groups in total. The van der Waals surface area contributed by atoms with Crippen LogP contribution in [0.2, 0.25) is 12.1 Å². The fourth-order valence-electron chi connectivity index (χ4n) is 7.95. The van der Waals surface area contributed by atoms with Crippen molar-refractivity contribution in [3.8, 4) is 22.3 Å². The molecule has 0 amide bonds. The van der Waals surface area contributed by atoms with Crippen molar-refractivity contribution in [3.63, 3.8) is 0 Å². The molecule has 0 heterocycles. The molecule has 2 aliphatic rings. The van der Waals surface area contributed by atoms with Crippen molar-refractivity contribution in [2.24, 2.45) is 0 Å². The molecule has 4 unspecified atom stereocenters. The van der Waals surface area contributed by atoms with Gasteiger partial charge >= 0.3 is 0 Å². The maximum absolute atomic E-state index is 2.57. The van der Waals surface area contributed by atoms with Crippen LogP contribution in [0, 0.1) is 0 Å². The van der Waals surface area contributed by atoms with Crippen molar-refractivity contribution in [3.05, 3.63) is 129 Å². The first kappa shape index (κ1) is 33.5. The van der Waals surface area contributed by atoms with Crippen molar-refractivity contribution >= 4 is 21.7 Å². The smallest absolute Gasteiger partial charge is 0.0397 e. The van der Waals surface area contributed by atoms with Gasteiger partial charge in [-0.2, -0.15) is 0 Å². The van der Waals surface area contributed by atoms with Crippen LogP contribution in [0.5, 0.6) is 0 Å². The number of hydrogen-bond donors (Lipinski definition) is 0. The summed E-state index contributed by atoms with van der Waals surface area (Å²) >= 11 is 0.